The molecule has 0 unspecified atom stereocenters. The normalized spacial score (nSPS) is 10.7. The molecule has 2 N–H and O–H groups in total. The van der Waals surface area contributed by atoms with Crippen molar-refractivity contribution in [2.24, 2.45) is 0 Å². The first-order valence-electron chi connectivity index (χ1n) is 4.79. The van der Waals surface area contributed by atoms with Crippen LogP contribution in [-0.2, 0) is 6.54 Å². The lowest BCUT2D eigenvalue weighted by Gasteiger charge is -2.04. The zero-order chi connectivity index (χ0) is 11.7. The fourth-order valence-electron chi connectivity index (χ4n) is 1.44. The van der Waals surface area contributed by atoms with Gasteiger partial charge in [0, 0.05) is 21.3 Å². The summed E-state index contributed by atoms with van der Waals surface area (Å²) in [7, 11) is 0. The molecule has 2 rings (SSSR count). The molecule has 0 atom stereocenters. The number of halogens is 2. The van der Waals surface area contributed by atoms with E-state index in [2.05, 4.69) is 21.0 Å². The van der Waals surface area contributed by atoms with Crippen LogP contribution in [0.1, 0.15) is 11.1 Å². The van der Waals surface area contributed by atoms with Crippen molar-refractivity contribution in [1.29, 1.82) is 0 Å². The van der Waals surface area contributed by atoms with Crippen LogP contribution in [0, 0.1) is 6.92 Å². The van der Waals surface area contributed by atoms with Crippen LogP contribution < -0.4 is 5.73 Å². The molecule has 0 aliphatic heterocycles. The second-order valence-corrected chi connectivity index (χ2v) is 4.95. The van der Waals surface area contributed by atoms with Crippen molar-refractivity contribution >= 4 is 33.3 Å². The topological polar surface area (TPSA) is 43.8 Å². The number of nitrogens with zero attached hydrogens (tertiary/aromatic N) is 2. The SMILES string of the molecule is Cc1cn(Cc2ccc(Br)cc2Cl)nc1N. The van der Waals surface area contributed by atoms with Crippen LogP contribution in [0.4, 0.5) is 5.82 Å². The van der Waals surface area contributed by atoms with Crippen LogP contribution in [0.25, 0.3) is 0 Å². The number of hydrogen-bond acceptors (Lipinski definition) is 2. The summed E-state index contributed by atoms with van der Waals surface area (Å²) in [5.74, 6) is 0.563. The maximum absolute atomic E-state index is 6.12. The maximum Gasteiger partial charge on any atom is 0.148 e. The summed E-state index contributed by atoms with van der Waals surface area (Å²) in [6.07, 6.45) is 1.91. The number of rotatable bonds is 2. The van der Waals surface area contributed by atoms with E-state index < -0.39 is 0 Å². The largest absolute Gasteiger partial charge is 0.382 e. The van der Waals surface area contributed by atoms with E-state index in [1.54, 1.807) is 4.68 Å². The van der Waals surface area contributed by atoms with E-state index in [-0.39, 0.29) is 0 Å². The number of nitrogens with two attached hydrogens (primary N) is 1. The Bertz CT molecular complexity index is 502. The Morgan fingerprint density at radius 3 is 2.81 bits per heavy atom. The van der Waals surface area contributed by atoms with Crippen molar-refractivity contribution in [3.05, 3.63) is 45.0 Å². The molecule has 1 heterocycles. The molecule has 16 heavy (non-hydrogen) atoms. The summed E-state index contributed by atoms with van der Waals surface area (Å²) in [6, 6.07) is 5.80. The Hall–Kier alpha value is -1.00. The third kappa shape index (κ3) is 2.39. The van der Waals surface area contributed by atoms with Gasteiger partial charge in [-0.3, -0.25) is 4.68 Å². The van der Waals surface area contributed by atoms with Crippen molar-refractivity contribution in [2.75, 3.05) is 5.73 Å². The van der Waals surface area contributed by atoms with Crippen molar-refractivity contribution in [1.82, 2.24) is 9.78 Å². The number of anilines is 1. The van der Waals surface area contributed by atoms with E-state index in [4.69, 9.17) is 17.3 Å². The van der Waals surface area contributed by atoms with Crippen LogP contribution in [0.2, 0.25) is 5.02 Å². The molecule has 5 heteroatoms. The van der Waals surface area contributed by atoms with Crippen LogP contribution in [0.5, 0.6) is 0 Å². The molecule has 0 amide bonds. The predicted molar refractivity (Wildman–Crippen MR) is 69.6 cm³/mol. The monoisotopic (exact) mass is 299 g/mol. The minimum atomic E-state index is 0.563. The lowest BCUT2D eigenvalue weighted by Crippen LogP contribution is -2.01. The third-order valence-electron chi connectivity index (χ3n) is 2.33. The highest BCUT2D eigenvalue weighted by Crippen LogP contribution is 2.22. The molecule has 0 saturated heterocycles. The third-order valence-corrected chi connectivity index (χ3v) is 3.18. The summed E-state index contributed by atoms with van der Waals surface area (Å²) in [5, 5.41) is 4.92. The zero-order valence-corrected chi connectivity index (χ0v) is 11.1. The van der Waals surface area contributed by atoms with Crippen LogP contribution >= 0.6 is 27.5 Å². The van der Waals surface area contributed by atoms with Gasteiger partial charge in [-0.25, -0.2) is 0 Å². The Morgan fingerprint density at radius 1 is 1.50 bits per heavy atom. The van der Waals surface area contributed by atoms with Gasteiger partial charge >= 0.3 is 0 Å². The Balaban J connectivity index is 2.27. The molecule has 1 aromatic carbocycles. The quantitative estimate of drug-likeness (QED) is 0.925. The maximum atomic E-state index is 6.12. The molecule has 2 aromatic rings. The fourth-order valence-corrected chi connectivity index (χ4v) is 2.17. The molecule has 0 aliphatic rings. The summed E-state index contributed by atoms with van der Waals surface area (Å²) >= 11 is 9.49. The molecule has 1 aromatic heterocycles. The Morgan fingerprint density at radius 2 is 2.25 bits per heavy atom. The number of hydrogen-bond donors (Lipinski definition) is 1. The van der Waals surface area contributed by atoms with Crippen LogP contribution in [0.3, 0.4) is 0 Å². The molecule has 0 fully saturated rings. The van der Waals surface area contributed by atoms with Crippen LogP contribution in [0.15, 0.2) is 28.9 Å². The van der Waals surface area contributed by atoms with Gasteiger partial charge in [-0.05, 0) is 24.6 Å². The fraction of sp³-hybridized carbons (Fsp3) is 0.182. The Labute approximate surface area is 107 Å². The van der Waals surface area contributed by atoms with E-state index in [1.165, 1.54) is 0 Å². The molecule has 0 aliphatic carbocycles. The van der Waals surface area contributed by atoms with Crippen molar-refractivity contribution in [3.8, 4) is 0 Å². The van der Waals surface area contributed by atoms with E-state index in [0.29, 0.717) is 12.4 Å². The summed E-state index contributed by atoms with van der Waals surface area (Å²) in [5.41, 5.74) is 7.68. The summed E-state index contributed by atoms with van der Waals surface area (Å²) in [6.45, 7) is 2.56. The minimum Gasteiger partial charge on any atom is -0.382 e. The zero-order valence-electron chi connectivity index (χ0n) is 8.74. The number of benzene rings is 1. The van der Waals surface area contributed by atoms with Gasteiger partial charge in [-0.2, -0.15) is 5.10 Å². The van der Waals surface area contributed by atoms with Gasteiger partial charge in [0.05, 0.1) is 6.54 Å². The second kappa shape index (κ2) is 4.47. The number of nitrogen functional groups attached to an aromatic ring is 1. The van der Waals surface area contributed by atoms with Gasteiger partial charge in [0.1, 0.15) is 5.82 Å². The molecule has 0 spiro atoms. The Kier molecular flexibility index (Phi) is 3.21. The lowest BCUT2D eigenvalue weighted by molar-refractivity contribution is 0.690. The molecular formula is C11H11BrClN3. The standard InChI is InChI=1S/C11H11BrClN3/c1-7-5-16(15-11(7)14)6-8-2-3-9(12)4-10(8)13/h2-5H,6H2,1H3,(H2,14,15). The molecular weight excluding hydrogens is 289 g/mol. The van der Waals surface area contributed by atoms with Crippen molar-refractivity contribution < 1.29 is 0 Å². The van der Waals surface area contributed by atoms with Gasteiger partial charge in [0.25, 0.3) is 0 Å². The first-order valence-corrected chi connectivity index (χ1v) is 5.97. The van der Waals surface area contributed by atoms with Crippen molar-refractivity contribution in [3.63, 3.8) is 0 Å². The van der Waals surface area contributed by atoms with Gasteiger partial charge < -0.3 is 5.73 Å². The average Bonchev–Trinajstić information content (AvgIpc) is 2.51. The number of aromatic nitrogens is 2. The van der Waals surface area contributed by atoms with Gasteiger partial charge in [-0.1, -0.05) is 33.6 Å². The first kappa shape index (κ1) is 11.5. The smallest absolute Gasteiger partial charge is 0.148 e. The van der Waals surface area contributed by atoms with Gasteiger partial charge in [0.15, 0.2) is 0 Å². The second-order valence-electron chi connectivity index (χ2n) is 3.63. The predicted octanol–water partition coefficient (Wildman–Crippen LogP) is 3.24. The van der Waals surface area contributed by atoms with Gasteiger partial charge in [-0.15, -0.1) is 0 Å². The highest BCUT2D eigenvalue weighted by Gasteiger charge is 2.05. The molecule has 0 radical (unpaired) electrons. The highest BCUT2D eigenvalue weighted by molar-refractivity contribution is 9.10. The van der Waals surface area contributed by atoms with E-state index >= 15 is 0 Å². The first-order chi connectivity index (χ1) is 7.56. The average molecular weight is 301 g/mol. The minimum absolute atomic E-state index is 0.563. The molecule has 3 nitrogen and oxygen atoms in total. The highest BCUT2D eigenvalue weighted by atomic mass is 79.9. The summed E-state index contributed by atoms with van der Waals surface area (Å²) in [4.78, 5) is 0. The van der Waals surface area contributed by atoms with Crippen LogP contribution in [-0.4, -0.2) is 9.78 Å². The summed E-state index contributed by atoms with van der Waals surface area (Å²) < 4.78 is 2.76. The van der Waals surface area contributed by atoms with Gasteiger partial charge in [0.2, 0.25) is 0 Å². The van der Waals surface area contributed by atoms with E-state index in [0.717, 1.165) is 20.6 Å². The van der Waals surface area contributed by atoms with Crippen molar-refractivity contribution in [2.45, 2.75) is 13.5 Å². The molecule has 0 bridgehead atoms. The lowest BCUT2D eigenvalue weighted by atomic mass is 10.2. The molecule has 0 saturated carbocycles. The molecule has 84 valence electrons. The van der Waals surface area contributed by atoms with E-state index in [9.17, 15) is 0 Å². The van der Waals surface area contributed by atoms with E-state index in [1.807, 2.05) is 31.3 Å². The number of aryl methyl sites for hydroxylation is 1.